The third kappa shape index (κ3) is 6.20. The van der Waals surface area contributed by atoms with Crippen molar-refractivity contribution < 1.29 is 22.8 Å². The minimum atomic E-state index is -0.651. The van der Waals surface area contributed by atoms with Gasteiger partial charge >= 0.3 is 0 Å². The summed E-state index contributed by atoms with van der Waals surface area (Å²) < 4.78 is 39.9. The van der Waals surface area contributed by atoms with Crippen LogP contribution in [-0.4, -0.2) is 53.6 Å². The molecule has 0 saturated carbocycles. The highest BCUT2D eigenvalue weighted by Gasteiger charge is 2.30. The molecule has 1 atom stereocenters. The molecule has 10 heteroatoms. The van der Waals surface area contributed by atoms with E-state index in [1.54, 1.807) is 36.1 Å². The van der Waals surface area contributed by atoms with Gasteiger partial charge in [-0.15, -0.1) is 0 Å². The summed E-state index contributed by atoms with van der Waals surface area (Å²) >= 11 is 12.4. The summed E-state index contributed by atoms with van der Waals surface area (Å²) in [5, 5.41) is 5.18. The molecule has 4 aromatic rings. The zero-order valence-electron chi connectivity index (χ0n) is 21.7. The van der Waals surface area contributed by atoms with Crippen LogP contribution in [0.5, 0.6) is 0 Å². The monoisotopic (exact) mass is 585 g/mol. The molecule has 208 valence electrons. The number of benzene rings is 3. The van der Waals surface area contributed by atoms with Crippen LogP contribution < -0.4 is 0 Å². The fourth-order valence-electron chi connectivity index (χ4n) is 4.77. The Morgan fingerprint density at radius 2 is 1.65 bits per heavy atom. The number of rotatable bonds is 8. The molecule has 5 rings (SSSR count). The first-order valence-corrected chi connectivity index (χ1v) is 13.6. The molecule has 40 heavy (non-hydrogen) atoms. The number of hydrogen-bond donors (Lipinski definition) is 0. The van der Waals surface area contributed by atoms with Gasteiger partial charge < -0.3 is 14.2 Å². The summed E-state index contributed by atoms with van der Waals surface area (Å²) in [7, 11) is 0. The van der Waals surface area contributed by atoms with Crippen LogP contribution in [0.3, 0.4) is 0 Å². The molecule has 0 unspecified atom stereocenters. The number of ether oxygens (including phenoxy) is 1. The lowest BCUT2D eigenvalue weighted by molar-refractivity contribution is 0.00144. The molecule has 0 spiro atoms. The number of carbonyl (C=O) groups is 1. The number of halogens is 4. The van der Waals surface area contributed by atoms with Crippen LogP contribution in [0.25, 0.3) is 11.3 Å². The van der Waals surface area contributed by atoms with E-state index in [0.29, 0.717) is 65.4 Å². The van der Waals surface area contributed by atoms with Crippen molar-refractivity contribution in [3.63, 3.8) is 0 Å². The first-order valence-electron chi connectivity index (χ1n) is 12.8. The van der Waals surface area contributed by atoms with Gasteiger partial charge in [0.05, 0.1) is 17.7 Å². The average Bonchev–Trinajstić information content (AvgIpc) is 3.33. The van der Waals surface area contributed by atoms with Crippen LogP contribution in [0.2, 0.25) is 10.0 Å². The second-order valence-corrected chi connectivity index (χ2v) is 10.4. The van der Waals surface area contributed by atoms with Crippen LogP contribution in [0.4, 0.5) is 8.78 Å². The normalized spacial score (nSPS) is 14.9. The molecule has 0 radical (unpaired) electrons. The van der Waals surface area contributed by atoms with Gasteiger partial charge in [0.25, 0.3) is 5.91 Å². The van der Waals surface area contributed by atoms with E-state index < -0.39 is 17.7 Å². The molecule has 0 aliphatic carbocycles. The fraction of sp³-hybridized carbons (Fsp3) is 0.267. The lowest BCUT2D eigenvalue weighted by Gasteiger charge is -2.36. The Morgan fingerprint density at radius 3 is 2.33 bits per heavy atom. The first kappa shape index (κ1) is 28.2. The van der Waals surface area contributed by atoms with Crippen LogP contribution >= 0.6 is 23.2 Å². The zero-order chi connectivity index (χ0) is 28.2. The summed E-state index contributed by atoms with van der Waals surface area (Å²) in [6.45, 7) is 4.07. The third-order valence-electron chi connectivity index (χ3n) is 7.02. The number of aryl methyl sites for hydroxylation is 1. The van der Waals surface area contributed by atoms with Crippen molar-refractivity contribution in [2.75, 3.05) is 32.7 Å². The molecule has 1 aliphatic heterocycles. The molecular weight excluding hydrogens is 559 g/mol. The molecule has 1 amide bonds. The van der Waals surface area contributed by atoms with E-state index in [4.69, 9.17) is 32.5 Å². The maximum absolute atomic E-state index is 14.2. The number of nitrogens with zero attached hydrogens (tertiary/aromatic N) is 3. The quantitative estimate of drug-likeness (QED) is 0.224. The number of amides is 1. The van der Waals surface area contributed by atoms with E-state index in [1.165, 1.54) is 18.2 Å². The zero-order valence-corrected chi connectivity index (χ0v) is 23.3. The van der Waals surface area contributed by atoms with Crippen LogP contribution in [0, 0.1) is 18.6 Å². The second kappa shape index (κ2) is 12.5. The Labute approximate surface area is 241 Å². The van der Waals surface area contributed by atoms with Crippen LogP contribution in [-0.2, 0) is 11.3 Å². The van der Waals surface area contributed by atoms with Crippen LogP contribution in [0.1, 0.15) is 33.3 Å². The van der Waals surface area contributed by atoms with Crippen molar-refractivity contribution in [2.24, 2.45) is 0 Å². The van der Waals surface area contributed by atoms with Gasteiger partial charge in [0.15, 0.2) is 0 Å². The average molecular weight is 586 g/mol. The number of piperazine rings is 1. The molecule has 6 nitrogen and oxygen atoms in total. The summed E-state index contributed by atoms with van der Waals surface area (Å²) in [6, 6.07) is 18.1. The second-order valence-electron chi connectivity index (χ2n) is 9.59. The standard InChI is InChI=1S/C30H27Cl2F2N3O3/c1-19-28(29(35-40-19)22-5-2-3-6-24(22)32)30(38)37-15-13-36(14-16-37)17-27(20-9-11-21(31)12-10-20)39-18-23-25(33)7-4-8-26(23)34/h2-12,27H,13-18H2,1H3/t27-/m1/s1. The van der Waals surface area contributed by atoms with Gasteiger partial charge in [0.2, 0.25) is 0 Å². The topological polar surface area (TPSA) is 58.8 Å². The van der Waals surface area contributed by atoms with Gasteiger partial charge in [0, 0.05) is 48.9 Å². The molecule has 1 aliphatic rings. The van der Waals surface area contributed by atoms with Gasteiger partial charge in [-0.3, -0.25) is 9.69 Å². The van der Waals surface area contributed by atoms with E-state index in [2.05, 4.69) is 10.1 Å². The highest BCUT2D eigenvalue weighted by atomic mass is 35.5. The molecule has 3 aromatic carbocycles. The molecule has 1 fully saturated rings. The first-order chi connectivity index (χ1) is 19.3. The maximum atomic E-state index is 14.2. The smallest absolute Gasteiger partial charge is 0.259 e. The van der Waals surface area contributed by atoms with Gasteiger partial charge in [0.1, 0.15) is 28.7 Å². The Morgan fingerprint density at radius 1 is 0.975 bits per heavy atom. The van der Waals surface area contributed by atoms with Crippen molar-refractivity contribution in [3.8, 4) is 11.3 Å². The van der Waals surface area contributed by atoms with Gasteiger partial charge in [-0.05, 0) is 42.8 Å². The Bertz CT molecular complexity index is 1470. The van der Waals surface area contributed by atoms with Gasteiger partial charge in [-0.1, -0.05) is 64.8 Å². The number of aromatic nitrogens is 1. The lowest BCUT2D eigenvalue weighted by Crippen LogP contribution is -2.49. The summed E-state index contributed by atoms with van der Waals surface area (Å²) in [4.78, 5) is 17.5. The van der Waals surface area contributed by atoms with E-state index in [0.717, 1.165) is 5.56 Å². The van der Waals surface area contributed by atoms with Crippen molar-refractivity contribution in [3.05, 3.63) is 111 Å². The number of hydrogen-bond acceptors (Lipinski definition) is 5. The van der Waals surface area contributed by atoms with Gasteiger partial charge in [-0.25, -0.2) is 8.78 Å². The van der Waals surface area contributed by atoms with Crippen molar-refractivity contribution in [1.82, 2.24) is 15.0 Å². The van der Waals surface area contributed by atoms with Crippen LogP contribution in [0.15, 0.2) is 71.3 Å². The van der Waals surface area contributed by atoms with E-state index in [-0.39, 0.29) is 18.1 Å². The Balaban J connectivity index is 1.27. The summed E-state index contributed by atoms with van der Waals surface area (Å²) in [5.74, 6) is -1.04. The highest BCUT2D eigenvalue weighted by molar-refractivity contribution is 6.33. The van der Waals surface area contributed by atoms with E-state index in [1.807, 2.05) is 24.3 Å². The molecule has 0 bridgehead atoms. The number of carbonyl (C=O) groups excluding carboxylic acids is 1. The molecule has 2 heterocycles. The molecular formula is C30H27Cl2F2N3O3. The van der Waals surface area contributed by atoms with Gasteiger partial charge in [-0.2, -0.15) is 0 Å². The molecule has 1 saturated heterocycles. The summed E-state index contributed by atoms with van der Waals surface area (Å²) in [6.07, 6.45) is -0.467. The maximum Gasteiger partial charge on any atom is 0.259 e. The minimum Gasteiger partial charge on any atom is -0.367 e. The lowest BCUT2D eigenvalue weighted by atomic mass is 10.0. The predicted molar refractivity (Wildman–Crippen MR) is 149 cm³/mol. The van der Waals surface area contributed by atoms with E-state index in [9.17, 15) is 13.6 Å². The minimum absolute atomic E-state index is 0.115. The Kier molecular flexibility index (Phi) is 8.81. The third-order valence-corrected chi connectivity index (χ3v) is 7.60. The van der Waals surface area contributed by atoms with Crippen molar-refractivity contribution in [1.29, 1.82) is 0 Å². The summed E-state index contributed by atoms with van der Waals surface area (Å²) in [5.41, 5.74) is 2.18. The predicted octanol–water partition coefficient (Wildman–Crippen LogP) is 6.95. The highest BCUT2D eigenvalue weighted by Crippen LogP contribution is 2.32. The Hall–Kier alpha value is -3.30. The molecule has 1 aromatic heterocycles. The largest absolute Gasteiger partial charge is 0.367 e. The van der Waals surface area contributed by atoms with Crippen molar-refractivity contribution >= 4 is 29.1 Å². The molecule has 0 N–H and O–H groups in total. The van der Waals surface area contributed by atoms with Crippen molar-refractivity contribution in [2.45, 2.75) is 19.6 Å². The SMILES string of the molecule is Cc1onc(-c2ccccc2Cl)c1C(=O)N1CCN(C[C@@H](OCc2c(F)cccc2F)c2ccc(Cl)cc2)CC1. The fourth-order valence-corrected chi connectivity index (χ4v) is 5.12. The van der Waals surface area contributed by atoms with E-state index >= 15 is 0 Å².